The minimum absolute atomic E-state index is 0.278. The van der Waals surface area contributed by atoms with Crippen molar-refractivity contribution in [2.24, 2.45) is 10.9 Å². The molecule has 2 unspecified atom stereocenters. The number of nitrogens with one attached hydrogen (secondary N) is 1. The molecule has 10 heteroatoms. The molecule has 1 aromatic rings. The van der Waals surface area contributed by atoms with Crippen molar-refractivity contribution in [2.75, 3.05) is 32.4 Å². The molecule has 1 N–H and O–H groups in total. The maximum absolute atomic E-state index is 12.7. The summed E-state index contributed by atoms with van der Waals surface area (Å²) in [6.45, 7) is 8.66. The van der Waals surface area contributed by atoms with Gasteiger partial charge in [-0.3, -0.25) is 10.1 Å². The van der Waals surface area contributed by atoms with Crippen LogP contribution in [-0.4, -0.2) is 87.2 Å². The van der Waals surface area contributed by atoms with Crippen molar-refractivity contribution < 1.29 is 9.59 Å². The number of likely N-dealkylation sites (N-methyl/N-ethyl adjacent to an activating group) is 1. The molecule has 3 aliphatic heterocycles. The highest BCUT2D eigenvalue weighted by molar-refractivity contribution is 7.99. The van der Waals surface area contributed by atoms with E-state index in [1.807, 2.05) is 19.9 Å². The van der Waals surface area contributed by atoms with Crippen molar-refractivity contribution in [2.45, 2.75) is 51.0 Å². The summed E-state index contributed by atoms with van der Waals surface area (Å²) in [6.07, 6.45) is 1.73. The number of aliphatic imine (C=N–C) groups is 1. The molecule has 2 atom stereocenters. The molecule has 0 spiro atoms. The Morgan fingerprint density at radius 3 is 2.50 bits per heavy atom. The van der Waals surface area contributed by atoms with Gasteiger partial charge < -0.3 is 14.7 Å². The van der Waals surface area contributed by atoms with Gasteiger partial charge >= 0.3 is 6.03 Å². The number of amides is 3. The number of piperidine rings is 1. The lowest BCUT2D eigenvalue weighted by molar-refractivity contribution is -0.127. The molecular weight excluding hydrogens is 402 g/mol. The Hall–Kier alpha value is -2.36. The predicted octanol–water partition coefficient (Wildman–Crippen LogP) is 1.47. The molecule has 4 rings (SSSR count). The zero-order valence-corrected chi connectivity index (χ0v) is 18.8. The first-order valence-corrected chi connectivity index (χ1v) is 11.4. The van der Waals surface area contributed by atoms with Crippen LogP contribution in [0, 0.1) is 19.8 Å². The van der Waals surface area contributed by atoms with Crippen LogP contribution in [0.4, 0.5) is 4.79 Å². The van der Waals surface area contributed by atoms with Crippen LogP contribution in [0.2, 0.25) is 0 Å². The van der Waals surface area contributed by atoms with E-state index < -0.39 is 18.2 Å². The number of nitrogens with zero attached hydrogens (tertiary/aromatic N) is 6. The summed E-state index contributed by atoms with van der Waals surface area (Å²) in [5.41, 5.74) is 1.89. The van der Waals surface area contributed by atoms with Crippen LogP contribution in [0.3, 0.4) is 0 Å². The summed E-state index contributed by atoms with van der Waals surface area (Å²) < 4.78 is 0. The molecule has 0 bridgehead atoms. The number of imide groups is 1. The Balaban J connectivity index is 1.52. The smallest absolute Gasteiger partial charge is 0.325 e. The van der Waals surface area contributed by atoms with Gasteiger partial charge in [-0.25, -0.2) is 19.8 Å². The number of aromatic nitrogens is 2. The summed E-state index contributed by atoms with van der Waals surface area (Å²) in [5.74, 6) is 1.97. The fourth-order valence-corrected chi connectivity index (χ4v) is 5.10. The molecule has 0 aliphatic carbocycles. The highest BCUT2D eigenvalue weighted by Gasteiger charge is 2.49. The van der Waals surface area contributed by atoms with E-state index in [0.717, 1.165) is 54.2 Å². The summed E-state index contributed by atoms with van der Waals surface area (Å²) in [7, 11) is 1.69. The van der Waals surface area contributed by atoms with Crippen molar-refractivity contribution in [1.29, 1.82) is 0 Å². The van der Waals surface area contributed by atoms with Crippen molar-refractivity contribution >= 4 is 29.7 Å². The summed E-state index contributed by atoms with van der Waals surface area (Å²) in [6, 6.07) is 1.07. The molecular formula is C20H29N7O2S. The quantitative estimate of drug-likeness (QED) is 0.570. The van der Waals surface area contributed by atoms with E-state index in [-0.39, 0.29) is 5.91 Å². The lowest BCUT2D eigenvalue weighted by atomic mass is 9.99. The maximum Gasteiger partial charge on any atom is 0.325 e. The van der Waals surface area contributed by atoms with Crippen molar-refractivity contribution in [3.63, 3.8) is 0 Å². The van der Waals surface area contributed by atoms with Crippen LogP contribution in [-0.2, 0) is 4.79 Å². The Labute approximate surface area is 181 Å². The van der Waals surface area contributed by atoms with E-state index in [4.69, 9.17) is 4.99 Å². The van der Waals surface area contributed by atoms with Crippen LogP contribution in [0.15, 0.2) is 16.2 Å². The van der Waals surface area contributed by atoms with Crippen molar-refractivity contribution in [3.8, 4) is 0 Å². The minimum Gasteiger partial charge on any atom is -0.343 e. The van der Waals surface area contributed by atoms with Gasteiger partial charge in [0, 0.05) is 43.8 Å². The molecule has 30 heavy (non-hydrogen) atoms. The highest BCUT2D eigenvalue weighted by Crippen LogP contribution is 2.28. The summed E-state index contributed by atoms with van der Waals surface area (Å²) in [4.78, 5) is 44.5. The standard InChI is InChI=1S/C20H29N7O2S/c1-12-5-7-26(8-6-12)19-23-16-15(17(28)24-20(29)25(16)4)27(19)9-10-30-18-21-13(2)11-14(3)22-18/h11-12,15-16H,5-10H2,1-4H3,(H,24,28,29). The monoisotopic (exact) mass is 431 g/mol. The van der Waals surface area contributed by atoms with Crippen LogP contribution < -0.4 is 5.32 Å². The van der Waals surface area contributed by atoms with E-state index in [0.29, 0.717) is 12.5 Å². The van der Waals surface area contributed by atoms with Crippen molar-refractivity contribution in [1.82, 2.24) is 30.0 Å². The number of guanidine groups is 1. The third-order valence-corrected chi connectivity index (χ3v) is 6.76. The second kappa shape index (κ2) is 8.41. The molecule has 3 aliphatic rings. The van der Waals surface area contributed by atoms with E-state index in [1.165, 1.54) is 4.90 Å². The summed E-state index contributed by atoms with van der Waals surface area (Å²) >= 11 is 1.58. The molecule has 9 nitrogen and oxygen atoms in total. The Morgan fingerprint density at radius 2 is 1.83 bits per heavy atom. The maximum atomic E-state index is 12.7. The van der Waals surface area contributed by atoms with Crippen LogP contribution in [0.25, 0.3) is 0 Å². The van der Waals surface area contributed by atoms with E-state index in [2.05, 4.69) is 32.0 Å². The fraction of sp³-hybridized carbons (Fsp3) is 0.650. The highest BCUT2D eigenvalue weighted by atomic mass is 32.2. The van der Waals surface area contributed by atoms with E-state index >= 15 is 0 Å². The number of aryl methyl sites for hydroxylation is 2. The van der Waals surface area contributed by atoms with Gasteiger partial charge in [-0.2, -0.15) is 0 Å². The molecule has 3 amide bonds. The lowest BCUT2D eigenvalue weighted by Gasteiger charge is -2.39. The Kier molecular flexibility index (Phi) is 5.86. The predicted molar refractivity (Wildman–Crippen MR) is 115 cm³/mol. The van der Waals surface area contributed by atoms with Crippen molar-refractivity contribution in [3.05, 3.63) is 17.5 Å². The number of likely N-dealkylation sites (tertiary alicyclic amines) is 1. The van der Waals surface area contributed by atoms with E-state index in [9.17, 15) is 9.59 Å². The molecule has 162 valence electrons. The van der Waals surface area contributed by atoms with Crippen LogP contribution in [0.5, 0.6) is 0 Å². The Morgan fingerprint density at radius 1 is 1.17 bits per heavy atom. The van der Waals surface area contributed by atoms with Gasteiger partial charge in [-0.1, -0.05) is 18.7 Å². The number of urea groups is 1. The minimum atomic E-state index is -0.497. The SMILES string of the molecule is Cc1cc(C)nc(SCCN2C(N3CCC(C)CC3)=NC3C2C(=O)NC(=O)N3C)n1. The molecule has 0 radical (unpaired) electrons. The largest absolute Gasteiger partial charge is 0.343 e. The zero-order valence-electron chi connectivity index (χ0n) is 18.0. The molecule has 4 heterocycles. The average molecular weight is 432 g/mol. The third kappa shape index (κ3) is 4.10. The number of carbonyl (C=O) groups excluding carboxylic acids is 2. The lowest BCUT2D eigenvalue weighted by Crippen LogP contribution is -2.64. The average Bonchev–Trinajstić information content (AvgIpc) is 3.06. The molecule has 2 fully saturated rings. The number of fused-ring (bicyclic) bond motifs is 1. The molecule has 0 saturated carbocycles. The number of hydrogen-bond acceptors (Lipinski definition) is 8. The number of hydrogen-bond donors (Lipinski definition) is 1. The second-order valence-corrected chi connectivity index (χ2v) is 9.40. The number of carbonyl (C=O) groups is 2. The first-order valence-electron chi connectivity index (χ1n) is 10.5. The third-order valence-electron chi connectivity index (χ3n) is 5.93. The summed E-state index contributed by atoms with van der Waals surface area (Å²) in [5, 5.41) is 3.21. The van der Waals surface area contributed by atoms with E-state index in [1.54, 1.807) is 18.8 Å². The zero-order chi connectivity index (χ0) is 21.4. The number of rotatable bonds is 4. The van der Waals surface area contributed by atoms with Gasteiger partial charge in [0.25, 0.3) is 5.91 Å². The van der Waals surface area contributed by atoms with Gasteiger partial charge in [0.15, 0.2) is 23.3 Å². The van der Waals surface area contributed by atoms with Gasteiger partial charge in [0.1, 0.15) is 0 Å². The van der Waals surface area contributed by atoms with Gasteiger partial charge in [0.2, 0.25) is 0 Å². The molecule has 2 saturated heterocycles. The van der Waals surface area contributed by atoms with Gasteiger partial charge in [0.05, 0.1) is 0 Å². The van der Waals surface area contributed by atoms with Gasteiger partial charge in [-0.15, -0.1) is 0 Å². The number of thioether (sulfide) groups is 1. The van der Waals surface area contributed by atoms with Crippen LogP contribution in [0.1, 0.15) is 31.2 Å². The topological polar surface area (TPSA) is 94.0 Å². The van der Waals surface area contributed by atoms with Crippen LogP contribution >= 0.6 is 11.8 Å². The first kappa shape index (κ1) is 20.9. The normalized spacial score (nSPS) is 24.8. The Bertz CT molecular complexity index is 848. The fourth-order valence-electron chi connectivity index (χ4n) is 4.22. The second-order valence-electron chi connectivity index (χ2n) is 8.34. The molecule has 0 aromatic carbocycles. The molecule has 1 aromatic heterocycles. The van der Waals surface area contributed by atoms with Gasteiger partial charge in [-0.05, 0) is 38.7 Å². The first-order chi connectivity index (χ1) is 14.3.